The zero-order valence-corrected chi connectivity index (χ0v) is 14.7. The van der Waals surface area contributed by atoms with Crippen molar-refractivity contribution in [2.24, 2.45) is 0 Å². The molecule has 0 aliphatic rings. The van der Waals surface area contributed by atoms with Gasteiger partial charge in [0, 0.05) is 12.7 Å². The Hall–Kier alpha value is -3.39. The third-order valence-electron chi connectivity index (χ3n) is 3.99. The summed E-state index contributed by atoms with van der Waals surface area (Å²) in [7, 11) is 0. The van der Waals surface area contributed by atoms with E-state index >= 15 is 0 Å². The van der Waals surface area contributed by atoms with Crippen molar-refractivity contribution in [2.45, 2.75) is 6.54 Å². The van der Waals surface area contributed by atoms with E-state index in [2.05, 4.69) is 20.3 Å². The van der Waals surface area contributed by atoms with E-state index in [1.807, 2.05) is 0 Å². The van der Waals surface area contributed by atoms with Crippen LogP contribution in [0.4, 0.5) is 4.39 Å². The molecule has 2 N–H and O–H groups in total. The van der Waals surface area contributed by atoms with Crippen LogP contribution in [0, 0.1) is 5.82 Å². The fourth-order valence-electron chi connectivity index (χ4n) is 2.59. The Labute approximate surface area is 157 Å². The minimum atomic E-state index is -0.314. The Kier molecular flexibility index (Phi) is 4.47. The number of amides is 1. The molecular weight excluding hydrogens is 367 g/mol. The average Bonchev–Trinajstić information content (AvgIpc) is 3.34. The summed E-state index contributed by atoms with van der Waals surface area (Å²) in [5.74, 6) is -0.536. The van der Waals surface area contributed by atoms with Crippen molar-refractivity contribution >= 4 is 34.7 Å². The minimum absolute atomic E-state index is 0.222. The van der Waals surface area contributed by atoms with Crippen LogP contribution in [0.3, 0.4) is 0 Å². The van der Waals surface area contributed by atoms with Crippen molar-refractivity contribution in [1.29, 1.82) is 0 Å². The van der Waals surface area contributed by atoms with Gasteiger partial charge in [0.15, 0.2) is 11.9 Å². The zero-order valence-electron chi connectivity index (χ0n) is 13.9. The van der Waals surface area contributed by atoms with E-state index in [0.717, 1.165) is 16.7 Å². The van der Waals surface area contributed by atoms with Crippen molar-refractivity contribution in [3.05, 3.63) is 70.6 Å². The summed E-state index contributed by atoms with van der Waals surface area (Å²) in [6.07, 6.45) is 3.88. The number of benzene rings is 1. The fraction of sp³-hybridized carbons (Fsp3) is 0.0526. The number of aromatic nitrogens is 3. The molecule has 0 spiro atoms. The molecule has 4 rings (SSSR count). The Morgan fingerprint density at radius 2 is 2.04 bits per heavy atom. The first kappa shape index (κ1) is 17.0. The van der Waals surface area contributed by atoms with Gasteiger partial charge < -0.3 is 10.3 Å². The van der Waals surface area contributed by atoms with Crippen LogP contribution >= 0.6 is 11.3 Å². The number of thiophene rings is 1. The smallest absolute Gasteiger partial charge is 0.261 e. The zero-order chi connectivity index (χ0) is 18.8. The fourth-order valence-corrected chi connectivity index (χ4v) is 3.47. The maximum absolute atomic E-state index is 12.9. The van der Waals surface area contributed by atoms with Crippen molar-refractivity contribution in [3.63, 3.8) is 0 Å². The molecule has 1 aromatic carbocycles. The Morgan fingerprint density at radius 3 is 2.81 bits per heavy atom. The highest BCUT2D eigenvalue weighted by Gasteiger charge is 2.13. The van der Waals surface area contributed by atoms with Crippen LogP contribution in [-0.4, -0.2) is 27.1 Å². The molecule has 1 amide bonds. The normalized spacial score (nSPS) is 10.9. The number of fused-ring (bicyclic) bond motifs is 1. The molecule has 0 aliphatic heterocycles. The minimum Gasteiger partial charge on any atom is -0.347 e. The maximum atomic E-state index is 12.9. The predicted molar refractivity (Wildman–Crippen MR) is 100 cm³/mol. The molecule has 0 atom stereocenters. The molecule has 0 saturated carbocycles. The number of aldehydes is 1. The SMILES string of the molecule is O=Cc1c[nH]c2ncc(-c3ccc(C(=O)NCc4ccc(F)cc4)s3)nc12. The molecule has 0 fully saturated rings. The highest BCUT2D eigenvalue weighted by atomic mass is 32.1. The Morgan fingerprint density at radius 1 is 1.22 bits per heavy atom. The Bertz CT molecular complexity index is 1130. The second kappa shape index (κ2) is 7.08. The second-order valence-electron chi connectivity index (χ2n) is 5.79. The average molecular weight is 380 g/mol. The molecule has 0 aliphatic carbocycles. The molecule has 6 nitrogen and oxygen atoms in total. The number of nitrogens with one attached hydrogen (secondary N) is 2. The second-order valence-corrected chi connectivity index (χ2v) is 6.87. The van der Waals surface area contributed by atoms with Gasteiger partial charge in [-0.1, -0.05) is 12.1 Å². The lowest BCUT2D eigenvalue weighted by Crippen LogP contribution is -2.21. The summed E-state index contributed by atoms with van der Waals surface area (Å²) in [6, 6.07) is 9.47. The monoisotopic (exact) mass is 380 g/mol. The van der Waals surface area contributed by atoms with Crippen molar-refractivity contribution in [2.75, 3.05) is 0 Å². The van der Waals surface area contributed by atoms with Gasteiger partial charge in [0.2, 0.25) is 0 Å². The molecule has 3 aromatic heterocycles. The van der Waals surface area contributed by atoms with Crippen LogP contribution in [-0.2, 0) is 6.54 Å². The lowest BCUT2D eigenvalue weighted by atomic mass is 10.2. The standard InChI is InChI=1S/C19H13FN4O2S/c20-13-3-1-11(2-4-13)7-23-19(26)16-6-5-15(27-16)14-9-22-18-17(24-14)12(10-25)8-21-18/h1-6,8-10H,7H2,(H,21,22)(H,23,26). The summed E-state index contributed by atoms with van der Waals surface area (Å²) >= 11 is 1.28. The molecule has 0 bridgehead atoms. The molecule has 27 heavy (non-hydrogen) atoms. The highest BCUT2D eigenvalue weighted by molar-refractivity contribution is 7.17. The number of hydrogen-bond acceptors (Lipinski definition) is 5. The van der Waals surface area contributed by atoms with Crippen LogP contribution in [0.25, 0.3) is 21.7 Å². The molecular formula is C19H13FN4O2S. The number of nitrogens with zero attached hydrogens (tertiary/aromatic N) is 2. The number of carbonyl (C=O) groups excluding carboxylic acids is 2. The van der Waals surface area contributed by atoms with Gasteiger partial charge >= 0.3 is 0 Å². The van der Waals surface area contributed by atoms with Gasteiger partial charge in [-0.3, -0.25) is 9.59 Å². The van der Waals surface area contributed by atoms with E-state index < -0.39 is 0 Å². The number of hydrogen-bond donors (Lipinski definition) is 2. The van der Waals surface area contributed by atoms with Gasteiger partial charge in [-0.15, -0.1) is 11.3 Å². The topological polar surface area (TPSA) is 87.7 Å². The van der Waals surface area contributed by atoms with Crippen molar-refractivity contribution in [3.8, 4) is 10.6 Å². The third kappa shape index (κ3) is 3.47. The highest BCUT2D eigenvalue weighted by Crippen LogP contribution is 2.27. The molecule has 3 heterocycles. The van der Waals surface area contributed by atoms with Crippen LogP contribution in [0.5, 0.6) is 0 Å². The summed E-state index contributed by atoms with van der Waals surface area (Å²) in [4.78, 5) is 36.3. The number of halogens is 1. The maximum Gasteiger partial charge on any atom is 0.261 e. The number of carbonyl (C=O) groups is 2. The third-order valence-corrected chi connectivity index (χ3v) is 5.09. The van der Waals surface area contributed by atoms with E-state index in [0.29, 0.717) is 33.8 Å². The molecule has 0 radical (unpaired) electrons. The molecule has 0 unspecified atom stereocenters. The predicted octanol–water partition coefficient (Wildman–Crippen LogP) is 3.57. The summed E-state index contributed by atoms with van der Waals surface area (Å²) in [5.41, 5.74) is 2.88. The van der Waals surface area contributed by atoms with Crippen LogP contribution in [0.15, 0.2) is 48.8 Å². The van der Waals surface area contributed by atoms with Gasteiger partial charge in [-0.05, 0) is 29.8 Å². The van der Waals surface area contributed by atoms with E-state index in [1.54, 1.807) is 36.7 Å². The number of H-pyrrole nitrogens is 1. The van der Waals surface area contributed by atoms with Gasteiger partial charge in [-0.2, -0.15) is 0 Å². The first-order valence-electron chi connectivity index (χ1n) is 8.06. The molecule has 0 saturated heterocycles. The first-order chi connectivity index (χ1) is 13.1. The van der Waals surface area contributed by atoms with Crippen molar-refractivity contribution < 1.29 is 14.0 Å². The van der Waals surface area contributed by atoms with E-state index in [4.69, 9.17) is 0 Å². The summed E-state index contributed by atoms with van der Waals surface area (Å²) in [5, 5.41) is 2.80. The first-order valence-corrected chi connectivity index (χ1v) is 8.88. The quantitative estimate of drug-likeness (QED) is 0.518. The van der Waals surface area contributed by atoms with E-state index in [1.165, 1.54) is 23.5 Å². The number of aromatic amines is 1. The summed E-state index contributed by atoms with van der Waals surface area (Å²) in [6.45, 7) is 0.310. The lowest BCUT2D eigenvalue weighted by Gasteiger charge is -2.03. The molecule has 8 heteroatoms. The number of rotatable bonds is 5. The van der Waals surface area contributed by atoms with Crippen LogP contribution < -0.4 is 5.32 Å². The summed E-state index contributed by atoms with van der Waals surface area (Å²) < 4.78 is 12.9. The van der Waals surface area contributed by atoms with Gasteiger partial charge in [-0.25, -0.2) is 14.4 Å². The van der Waals surface area contributed by atoms with Crippen LogP contribution in [0.1, 0.15) is 25.6 Å². The van der Waals surface area contributed by atoms with Gasteiger partial charge in [0.1, 0.15) is 11.3 Å². The Balaban J connectivity index is 1.51. The van der Waals surface area contributed by atoms with E-state index in [9.17, 15) is 14.0 Å². The van der Waals surface area contributed by atoms with Crippen LogP contribution in [0.2, 0.25) is 0 Å². The van der Waals surface area contributed by atoms with Crippen molar-refractivity contribution in [1.82, 2.24) is 20.3 Å². The molecule has 4 aromatic rings. The largest absolute Gasteiger partial charge is 0.347 e. The lowest BCUT2D eigenvalue weighted by molar-refractivity contribution is 0.0954. The van der Waals surface area contributed by atoms with Gasteiger partial charge in [0.05, 0.1) is 27.2 Å². The van der Waals surface area contributed by atoms with E-state index in [-0.39, 0.29) is 11.7 Å². The van der Waals surface area contributed by atoms with Gasteiger partial charge in [0.25, 0.3) is 5.91 Å². The molecule has 134 valence electrons.